The van der Waals surface area contributed by atoms with Crippen molar-refractivity contribution in [3.63, 3.8) is 0 Å². The molecule has 4 N–H and O–H groups in total. The average Bonchev–Trinajstić information content (AvgIpc) is 2.68. The standard InChI is InChI=1S/C19H26N4O4S/c1-14(27-18-7-5-4-6-17(18)26-3)12-22-19(21-2)23-13-15-8-10-16(11-9-15)28(20,24)25/h4-11,14H,12-13H2,1-3H3,(H2,20,24,25)(H2,21,22,23). The first-order valence-corrected chi connectivity index (χ1v) is 10.2. The van der Waals surface area contributed by atoms with Crippen molar-refractivity contribution in [1.82, 2.24) is 10.6 Å². The first kappa shape index (κ1) is 21.5. The van der Waals surface area contributed by atoms with Gasteiger partial charge in [0.1, 0.15) is 6.10 Å². The third-order valence-electron chi connectivity index (χ3n) is 3.89. The molecule has 28 heavy (non-hydrogen) atoms. The Morgan fingerprint density at radius 3 is 2.32 bits per heavy atom. The third-order valence-corrected chi connectivity index (χ3v) is 4.82. The number of benzene rings is 2. The van der Waals surface area contributed by atoms with E-state index in [0.29, 0.717) is 30.5 Å². The smallest absolute Gasteiger partial charge is 0.238 e. The summed E-state index contributed by atoms with van der Waals surface area (Å²) in [6.07, 6.45) is -0.121. The minimum Gasteiger partial charge on any atom is -0.493 e. The Labute approximate surface area is 165 Å². The first-order valence-electron chi connectivity index (χ1n) is 8.69. The molecule has 0 spiro atoms. The SMILES string of the molecule is CN=C(NCc1ccc(S(N)(=O)=O)cc1)NCC(C)Oc1ccccc1OC. The summed E-state index contributed by atoms with van der Waals surface area (Å²) >= 11 is 0. The summed E-state index contributed by atoms with van der Waals surface area (Å²) in [4.78, 5) is 4.26. The molecule has 1 atom stereocenters. The zero-order valence-electron chi connectivity index (χ0n) is 16.2. The van der Waals surface area contributed by atoms with E-state index in [4.69, 9.17) is 14.6 Å². The van der Waals surface area contributed by atoms with Gasteiger partial charge in [-0.15, -0.1) is 0 Å². The van der Waals surface area contributed by atoms with Gasteiger partial charge in [-0.1, -0.05) is 24.3 Å². The molecule has 2 rings (SSSR count). The number of hydrogen-bond donors (Lipinski definition) is 3. The molecular formula is C19H26N4O4S. The molecule has 0 amide bonds. The van der Waals surface area contributed by atoms with Crippen molar-refractivity contribution in [2.24, 2.45) is 10.1 Å². The molecule has 0 aromatic heterocycles. The Morgan fingerprint density at radius 2 is 1.75 bits per heavy atom. The van der Waals surface area contributed by atoms with E-state index in [0.717, 1.165) is 5.56 Å². The molecule has 0 aliphatic carbocycles. The molecule has 152 valence electrons. The predicted octanol–water partition coefficient (Wildman–Crippen LogP) is 1.48. The van der Waals surface area contributed by atoms with Gasteiger partial charge in [0.25, 0.3) is 0 Å². The second-order valence-electron chi connectivity index (χ2n) is 6.07. The van der Waals surface area contributed by atoms with Crippen LogP contribution in [0.3, 0.4) is 0 Å². The molecule has 0 heterocycles. The number of nitrogens with zero attached hydrogens (tertiary/aromatic N) is 1. The summed E-state index contributed by atoms with van der Waals surface area (Å²) in [5, 5.41) is 11.5. The van der Waals surface area contributed by atoms with Crippen LogP contribution < -0.4 is 25.2 Å². The van der Waals surface area contributed by atoms with E-state index in [1.807, 2.05) is 31.2 Å². The van der Waals surface area contributed by atoms with Gasteiger partial charge in [-0.2, -0.15) is 0 Å². The highest BCUT2D eigenvalue weighted by Gasteiger charge is 2.10. The van der Waals surface area contributed by atoms with Crippen molar-refractivity contribution in [1.29, 1.82) is 0 Å². The van der Waals surface area contributed by atoms with E-state index in [1.54, 1.807) is 26.3 Å². The van der Waals surface area contributed by atoms with Crippen LogP contribution in [0.2, 0.25) is 0 Å². The van der Waals surface area contributed by atoms with Crippen molar-refractivity contribution in [2.45, 2.75) is 24.5 Å². The number of primary sulfonamides is 1. The zero-order chi connectivity index (χ0) is 20.6. The monoisotopic (exact) mass is 406 g/mol. The van der Waals surface area contributed by atoms with Gasteiger partial charge in [0.2, 0.25) is 10.0 Å². The lowest BCUT2D eigenvalue weighted by Gasteiger charge is -2.19. The van der Waals surface area contributed by atoms with Gasteiger partial charge in [-0.25, -0.2) is 13.6 Å². The molecule has 8 nitrogen and oxygen atoms in total. The highest BCUT2D eigenvalue weighted by atomic mass is 32.2. The van der Waals surface area contributed by atoms with Crippen LogP contribution in [0.5, 0.6) is 11.5 Å². The molecule has 2 aromatic rings. The number of guanidine groups is 1. The lowest BCUT2D eigenvalue weighted by molar-refractivity contribution is 0.213. The summed E-state index contributed by atoms with van der Waals surface area (Å²) < 4.78 is 33.8. The summed E-state index contributed by atoms with van der Waals surface area (Å²) in [7, 11) is -0.409. The van der Waals surface area contributed by atoms with Crippen molar-refractivity contribution in [2.75, 3.05) is 20.7 Å². The van der Waals surface area contributed by atoms with E-state index in [1.165, 1.54) is 12.1 Å². The fourth-order valence-corrected chi connectivity index (χ4v) is 2.93. The van der Waals surface area contributed by atoms with Gasteiger partial charge in [-0.3, -0.25) is 4.99 Å². The number of sulfonamides is 1. The second-order valence-corrected chi connectivity index (χ2v) is 7.64. The highest BCUT2D eigenvalue weighted by molar-refractivity contribution is 7.89. The van der Waals surface area contributed by atoms with Crippen molar-refractivity contribution in [3.8, 4) is 11.5 Å². The normalized spacial score (nSPS) is 12.9. The largest absolute Gasteiger partial charge is 0.493 e. The van der Waals surface area contributed by atoms with Gasteiger partial charge >= 0.3 is 0 Å². The molecule has 0 saturated carbocycles. The summed E-state index contributed by atoms with van der Waals surface area (Å²) in [5.74, 6) is 1.96. The maximum Gasteiger partial charge on any atom is 0.238 e. The number of ether oxygens (including phenoxy) is 2. The minimum atomic E-state index is -3.68. The first-order chi connectivity index (χ1) is 13.3. The number of para-hydroxylation sites is 2. The molecule has 2 aromatic carbocycles. The molecule has 0 aliphatic heterocycles. The van der Waals surface area contributed by atoms with Gasteiger partial charge in [0, 0.05) is 13.6 Å². The Kier molecular flexibility index (Phi) is 7.65. The second kappa shape index (κ2) is 9.95. The lowest BCUT2D eigenvalue weighted by atomic mass is 10.2. The van der Waals surface area contributed by atoms with Crippen LogP contribution in [-0.2, 0) is 16.6 Å². The Bertz CT molecular complexity index is 898. The van der Waals surface area contributed by atoms with Crippen molar-refractivity contribution in [3.05, 3.63) is 54.1 Å². The van der Waals surface area contributed by atoms with Gasteiger partial charge in [-0.05, 0) is 36.8 Å². The van der Waals surface area contributed by atoms with Gasteiger partial charge < -0.3 is 20.1 Å². The van der Waals surface area contributed by atoms with Gasteiger partial charge in [0.05, 0.1) is 18.6 Å². The number of rotatable bonds is 8. The van der Waals surface area contributed by atoms with E-state index in [9.17, 15) is 8.42 Å². The van der Waals surface area contributed by atoms with Crippen LogP contribution in [0.1, 0.15) is 12.5 Å². The molecule has 0 radical (unpaired) electrons. The van der Waals surface area contributed by atoms with Crippen molar-refractivity contribution < 1.29 is 17.9 Å². The highest BCUT2D eigenvalue weighted by Crippen LogP contribution is 2.26. The molecular weight excluding hydrogens is 380 g/mol. The Hall–Kier alpha value is -2.78. The summed E-state index contributed by atoms with van der Waals surface area (Å²) in [6, 6.07) is 13.8. The molecule has 0 aliphatic rings. The minimum absolute atomic E-state index is 0.0843. The lowest BCUT2D eigenvalue weighted by Crippen LogP contribution is -2.41. The van der Waals surface area contributed by atoms with E-state index in [-0.39, 0.29) is 11.0 Å². The summed E-state index contributed by atoms with van der Waals surface area (Å²) in [5.41, 5.74) is 0.897. The molecule has 0 fully saturated rings. The number of nitrogens with two attached hydrogens (primary N) is 1. The van der Waals surface area contributed by atoms with Crippen molar-refractivity contribution >= 4 is 16.0 Å². The van der Waals surface area contributed by atoms with Gasteiger partial charge in [0.15, 0.2) is 17.5 Å². The number of hydrogen-bond acceptors (Lipinski definition) is 5. The summed E-state index contributed by atoms with van der Waals surface area (Å²) in [6.45, 7) is 2.95. The Balaban J connectivity index is 1.84. The number of methoxy groups -OCH3 is 1. The molecule has 1 unspecified atom stereocenters. The van der Waals surface area contributed by atoms with Crippen LogP contribution >= 0.6 is 0 Å². The maximum atomic E-state index is 11.3. The molecule has 9 heteroatoms. The van der Waals surface area contributed by atoms with Crippen LogP contribution in [0, 0.1) is 0 Å². The van der Waals surface area contributed by atoms with Crippen LogP contribution in [-0.4, -0.2) is 41.2 Å². The average molecular weight is 407 g/mol. The van der Waals surface area contributed by atoms with E-state index in [2.05, 4.69) is 15.6 Å². The third kappa shape index (κ3) is 6.43. The van der Waals surface area contributed by atoms with Crippen LogP contribution in [0.25, 0.3) is 0 Å². The van der Waals surface area contributed by atoms with E-state index < -0.39 is 10.0 Å². The molecule has 0 saturated heterocycles. The van der Waals surface area contributed by atoms with Crippen LogP contribution in [0.15, 0.2) is 58.4 Å². The number of nitrogens with one attached hydrogen (secondary N) is 2. The Morgan fingerprint density at radius 1 is 1.11 bits per heavy atom. The maximum absolute atomic E-state index is 11.3. The number of aliphatic imine (C=N–C) groups is 1. The topological polar surface area (TPSA) is 115 Å². The fraction of sp³-hybridized carbons (Fsp3) is 0.316. The van der Waals surface area contributed by atoms with Crippen LogP contribution in [0.4, 0.5) is 0 Å². The zero-order valence-corrected chi connectivity index (χ0v) is 17.0. The quantitative estimate of drug-likeness (QED) is 0.452. The van der Waals surface area contributed by atoms with E-state index >= 15 is 0 Å². The fourth-order valence-electron chi connectivity index (χ4n) is 2.42. The predicted molar refractivity (Wildman–Crippen MR) is 109 cm³/mol. The molecule has 0 bridgehead atoms.